The summed E-state index contributed by atoms with van der Waals surface area (Å²) in [6, 6.07) is 3.33. The van der Waals surface area contributed by atoms with Crippen LogP contribution in [0.1, 0.15) is 77.3 Å². The summed E-state index contributed by atoms with van der Waals surface area (Å²) in [4.78, 5) is 38.0. The Kier molecular flexibility index (Phi) is 8.80. The van der Waals surface area contributed by atoms with Crippen LogP contribution >= 0.6 is 0 Å². The predicted octanol–water partition coefficient (Wildman–Crippen LogP) is 4.62. The smallest absolute Gasteiger partial charge is 0.345 e. The number of rotatable bonds is 7. The van der Waals surface area contributed by atoms with Crippen molar-refractivity contribution >= 4 is 23.3 Å². The van der Waals surface area contributed by atoms with Crippen LogP contribution in [0.4, 0.5) is 13.2 Å². The molecule has 1 aromatic carbocycles. The van der Waals surface area contributed by atoms with Gasteiger partial charge in [-0.3, -0.25) is 14.4 Å². The number of alkyl halides is 3. The van der Waals surface area contributed by atoms with Gasteiger partial charge in [-0.25, -0.2) is 5.43 Å². The molecule has 1 aliphatic rings. The molecule has 0 aliphatic heterocycles. The van der Waals surface area contributed by atoms with Crippen LogP contribution < -0.4 is 10.7 Å². The number of amides is 2. The number of carbonyl (C=O) groups excluding carboxylic acids is 3. The molecule has 1 fully saturated rings. The quantitative estimate of drug-likeness (QED) is 0.349. The summed E-state index contributed by atoms with van der Waals surface area (Å²) in [5, 5.41) is 6.62. The number of halogens is 3. The SMILES string of the molecule is C/C(=N\NC(=O)C(=O)C(CC(C)(C)C)NC(=O)C1CCCCC1)c1ccc(C(F)(F)F)cc1. The van der Waals surface area contributed by atoms with Crippen LogP contribution in [-0.4, -0.2) is 29.4 Å². The van der Waals surface area contributed by atoms with Gasteiger partial charge in [0.25, 0.3) is 0 Å². The van der Waals surface area contributed by atoms with E-state index in [-0.39, 0.29) is 29.4 Å². The number of carbonyl (C=O) groups is 3. The summed E-state index contributed by atoms with van der Waals surface area (Å²) < 4.78 is 38.1. The lowest BCUT2D eigenvalue weighted by Gasteiger charge is -2.28. The fraction of sp³-hybridized carbons (Fsp3) is 0.583. The first-order valence-electron chi connectivity index (χ1n) is 11.1. The molecule has 0 radical (unpaired) electrons. The highest BCUT2D eigenvalue weighted by Gasteiger charge is 2.33. The van der Waals surface area contributed by atoms with E-state index in [2.05, 4.69) is 15.8 Å². The molecule has 1 aliphatic carbocycles. The van der Waals surface area contributed by atoms with Gasteiger partial charge < -0.3 is 5.32 Å². The zero-order valence-corrected chi connectivity index (χ0v) is 19.5. The molecule has 1 atom stereocenters. The minimum Gasteiger partial charge on any atom is -0.345 e. The van der Waals surface area contributed by atoms with E-state index in [1.807, 2.05) is 20.8 Å². The Labute approximate surface area is 192 Å². The van der Waals surface area contributed by atoms with Crippen LogP contribution in [0.3, 0.4) is 0 Å². The number of hydrazone groups is 1. The van der Waals surface area contributed by atoms with Crippen molar-refractivity contribution in [2.45, 2.75) is 78.4 Å². The Bertz CT molecular complexity index is 881. The Morgan fingerprint density at radius 3 is 2.12 bits per heavy atom. The van der Waals surface area contributed by atoms with E-state index in [4.69, 9.17) is 0 Å². The summed E-state index contributed by atoms with van der Waals surface area (Å²) in [7, 11) is 0. The van der Waals surface area contributed by atoms with E-state index in [0.29, 0.717) is 5.56 Å². The van der Waals surface area contributed by atoms with E-state index >= 15 is 0 Å². The normalized spacial score (nSPS) is 16.8. The van der Waals surface area contributed by atoms with Gasteiger partial charge in [0.2, 0.25) is 11.7 Å². The van der Waals surface area contributed by atoms with Crippen molar-refractivity contribution in [1.82, 2.24) is 10.7 Å². The highest BCUT2D eigenvalue weighted by molar-refractivity contribution is 6.38. The van der Waals surface area contributed by atoms with Gasteiger partial charge in [0.05, 0.1) is 17.3 Å². The maximum absolute atomic E-state index is 12.8. The van der Waals surface area contributed by atoms with Crippen LogP contribution in [0.5, 0.6) is 0 Å². The lowest BCUT2D eigenvalue weighted by Crippen LogP contribution is -2.50. The van der Waals surface area contributed by atoms with Gasteiger partial charge in [-0.05, 0) is 49.3 Å². The molecule has 0 bridgehead atoms. The van der Waals surface area contributed by atoms with Gasteiger partial charge in [0, 0.05) is 5.92 Å². The van der Waals surface area contributed by atoms with Crippen LogP contribution in [0.25, 0.3) is 0 Å². The lowest BCUT2D eigenvalue weighted by molar-refractivity contribution is -0.141. The zero-order valence-electron chi connectivity index (χ0n) is 19.5. The second kappa shape index (κ2) is 10.9. The third kappa shape index (κ3) is 8.29. The number of benzene rings is 1. The molecule has 2 rings (SSSR count). The third-order valence-electron chi connectivity index (χ3n) is 5.60. The molecular formula is C24H32F3N3O3. The molecular weight excluding hydrogens is 435 g/mol. The maximum atomic E-state index is 12.8. The number of nitrogens with one attached hydrogen (secondary N) is 2. The monoisotopic (exact) mass is 467 g/mol. The summed E-state index contributed by atoms with van der Waals surface area (Å²) in [6.45, 7) is 7.23. The fourth-order valence-corrected chi connectivity index (χ4v) is 3.79. The second-order valence-electron chi connectivity index (χ2n) is 9.74. The molecule has 1 unspecified atom stereocenters. The van der Waals surface area contributed by atoms with Crippen molar-refractivity contribution < 1.29 is 27.6 Å². The van der Waals surface area contributed by atoms with Gasteiger partial charge >= 0.3 is 12.1 Å². The number of Topliss-reactive ketones (excluding diaryl/α,β-unsaturated/α-hetero) is 1. The third-order valence-corrected chi connectivity index (χ3v) is 5.60. The average Bonchev–Trinajstić information content (AvgIpc) is 2.75. The van der Waals surface area contributed by atoms with Crippen molar-refractivity contribution in [3.63, 3.8) is 0 Å². The minimum absolute atomic E-state index is 0.156. The number of hydrogen-bond acceptors (Lipinski definition) is 4. The number of ketones is 1. The molecule has 182 valence electrons. The van der Waals surface area contributed by atoms with Crippen molar-refractivity contribution in [2.75, 3.05) is 0 Å². The Balaban J connectivity index is 2.07. The van der Waals surface area contributed by atoms with Crippen molar-refractivity contribution in [2.24, 2.45) is 16.4 Å². The fourth-order valence-electron chi connectivity index (χ4n) is 3.79. The standard InChI is InChI=1S/C24H32F3N3O3/c1-15(16-10-12-18(13-11-16)24(25,26)27)29-30-22(33)20(31)19(14-23(2,3)4)28-21(32)17-8-6-5-7-9-17/h10-13,17,19H,5-9,14H2,1-4H3,(H,28,32)(H,30,33)/b29-15+. The van der Waals surface area contributed by atoms with E-state index in [0.717, 1.165) is 44.2 Å². The molecule has 2 amide bonds. The molecule has 0 aromatic heterocycles. The van der Waals surface area contributed by atoms with E-state index in [9.17, 15) is 27.6 Å². The number of nitrogens with zero attached hydrogens (tertiary/aromatic N) is 1. The first-order chi connectivity index (χ1) is 15.3. The van der Waals surface area contributed by atoms with Gasteiger partial charge in [-0.15, -0.1) is 0 Å². The largest absolute Gasteiger partial charge is 0.416 e. The first kappa shape index (κ1) is 26.5. The van der Waals surface area contributed by atoms with E-state index in [1.54, 1.807) is 0 Å². The van der Waals surface area contributed by atoms with Crippen molar-refractivity contribution in [3.05, 3.63) is 35.4 Å². The molecule has 33 heavy (non-hydrogen) atoms. The highest BCUT2D eigenvalue weighted by atomic mass is 19.4. The summed E-state index contributed by atoms with van der Waals surface area (Å²) in [6.07, 6.45) is 0.388. The Hall–Kier alpha value is -2.71. The second-order valence-corrected chi connectivity index (χ2v) is 9.74. The molecule has 9 heteroatoms. The van der Waals surface area contributed by atoms with Gasteiger partial charge in [-0.2, -0.15) is 18.3 Å². The summed E-state index contributed by atoms with van der Waals surface area (Å²) in [5.41, 5.74) is 1.66. The molecule has 0 spiro atoms. The van der Waals surface area contributed by atoms with Gasteiger partial charge in [-0.1, -0.05) is 52.2 Å². The van der Waals surface area contributed by atoms with Crippen LogP contribution in [-0.2, 0) is 20.6 Å². The van der Waals surface area contributed by atoms with Crippen molar-refractivity contribution in [3.8, 4) is 0 Å². The average molecular weight is 468 g/mol. The Morgan fingerprint density at radius 1 is 1.03 bits per heavy atom. The molecule has 0 saturated heterocycles. The van der Waals surface area contributed by atoms with E-state index in [1.165, 1.54) is 19.1 Å². The van der Waals surface area contributed by atoms with Crippen molar-refractivity contribution in [1.29, 1.82) is 0 Å². The molecule has 6 nitrogen and oxygen atoms in total. The number of hydrogen-bond donors (Lipinski definition) is 2. The molecule has 0 heterocycles. The minimum atomic E-state index is -4.45. The van der Waals surface area contributed by atoms with Gasteiger partial charge in [0.15, 0.2) is 0 Å². The highest BCUT2D eigenvalue weighted by Crippen LogP contribution is 2.29. The predicted molar refractivity (Wildman–Crippen MR) is 119 cm³/mol. The zero-order chi connectivity index (χ0) is 24.8. The summed E-state index contributed by atoms with van der Waals surface area (Å²) in [5.74, 6) is -2.16. The maximum Gasteiger partial charge on any atom is 0.416 e. The van der Waals surface area contributed by atoms with Crippen LogP contribution in [0.15, 0.2) is 29.4 Å². The first-order valence-corrected chi connectivity index (χ1v) is 11.1. The van der Waals surface area contributed by atoms with Gasteiger partial charge in [0.1, 0.15) is 0 Å². The van der Waals surface area contributed by atoms with E-state index < -0.39 is 29.5 Å². The lowest BCUT2D eigenvalue weighted by atomic mass is 9.85. The Morgan fingerprint density at radius 2 is 1.61 bits per heavy atom. The van der Waals surface area contributed by atoms with Crippen LogP contribution in [0.2, 0.25) is 0 Å². The molecule has 1 aromatic rings. The summed E-state index contributed by atoms with van der Waals surface area (Å²) >= 11 is 0. The molecule has 1 saturated carbocycles. The van der Waals surface area contributed by atoms with Crippen LogP contribution in [0, 0.1) is 11.3 Å². The topological polar surface area (TPSA) is 87.6 Å². The molecule has 2 N–H and O–H groups in total.